The van der Waals surface area contributed by atoms with Gasteiger partial charge >= 0.3 is 0 Å². The van der Waals surface area contributed by atoms with E-state index in [1.54, 1.807) is 6.20 Å². The van der Waals surface area contributed by atoms with Crippen molar-refractivity contribution in [3.05, 3.63) is 35.3 Å². The highest BCUT2D eigenvalue weighted by Gasteiger charge is 2.15. The summed E-state index contributed by atoms with van der Waals surface area (Å²) in [5.74, 6) is 0.952. The maximum absolute atomic E-state index is 12.3. The Morgan fingerprint density at radius 2 is 1.96 bits per heavy atom. The molecule has 3 heterocycles. The van der Waals surface area contributed by atoms with Crippen LogP contribution in [0.15, 0.2) is 18.3 Å². The summed E-state index contributed by atoms with van der Waals surface area (Å²) < 4.78 is 1.81. The molecule has 1 saturated heterocycles. The van der Waals surface area contributed by atoms with Crippen molar-refractivity contribution < 1.29 is 4.79 Å². The first-order valence-electron chi connectivity index (χ1n) is 8.54. The number of rotatable bonds is 4. The molecule has 1 aliphatic rings. The van der Waals surface area contributed by atoms with E-state index in [1.807, 2.05) is 37.7 Å². The molecular weight excluding hydrogens is 302 g/mol. The third kappa shape index (κ3) is 3.58. The van der Waals surface area contributed by atoms with E-state index in [0.717, 1.165) is 41.5 Å². The van der Waals surface area contributed by atoms with Gasteiger partial charge in [-0.2, -0.15) is 5.10 Å². The Balaban J connectivity index is 1.62. The third-order valence-corrected chi connectivity index (χ3v) is 4.71. The van der Waals surface area contributed by atoms with Crippen LogP contribution in [0.25, 0.3) is 0 Å². The number of carbonyl (C=O) groups excluding carboxylic acids is 1. The predicted octanol–water partition coefficient (Wildman–Crippen LogP) is 2.60. The Labute approximate surface area is 142 Å². The van der Waals surface area contributed by atoms with Crippen molar-refractivity contribution in [3.63, 3.8) is 0 Å². The summed E-state index contributed by atoms with van der Waals surface area (Å²) in [5.41, 5.74) is 3.66. The molecule has 6 heteroatoms. The molecular formula is C18H25N5O. The van der Waals surface area contributed by atoms with E-state index in [0.29, 0.717) is 6.42 Å². The molecule has 0 spiro atoms. The van der Waals surface area contributed by atoms with Gasteiger partial charge in [0.2, 0.25) is 5.91 Å². The van der Waals surface area contributed by atoms with Crippen molar-refractivity contribution in [3.8, 4) is 0 Å². The second-order valence-corrected chi connectivity index (χ2v) is 6.45. The lowest BCUT2D eigenvalue weighted by Gasteiger charge is -2.27. The van der Waals surface area contributed by atoms with E-state index in [-0.39, 0.29) is 5.91 Å². The predicted molar refractivity (Wildman–Crippen MR) is 95.3 cm³/mol. The molecule has 0 saturated carbocycles. The van der Waals surface area contributed by atoms with Gasteiger partial charge < -0.3 is 10.2 Å². The molecule has 0 atom stereocenters. The SMILES string of the molecule is Cc1nn(C)c(C)c1CC(=O)Nc1ccc(N2CCCCC2)nc1. The van der Waals surface area contributed by atoms with Gasteiger partial charge in [0.05, 0.1) is 24.0 Å². The molecule has 1 aliphatic heterocycles. The minimum absolute atomic E-state index is 0.0401. The van der Waals surface area contributed by atoms with Crippen molar-refractivity contribution in [2.45, 2.75) is 39.5 Å². The first kappa shape index (κ1) is 16.5. The van der Waals surface area contributed by atoms with Crippen molar-refractivity contribution in [2.24, 2.45) is 7.05 Å². The fourth-order valence-corrected chi connectivity index (χ4v) is 3.21. The van der Waals surface area contributed by atoms with E-state index in [2.05, 4.69) is 20.3 Å². The van der Waals surface area contributed by atoms with Gasteiger partial charge in [0.25, 0.3) is 0 Å². The smallest absolute Gasteiger partial charge is 0.228 e. The lowest BCUT2D eigenvalue weighted by atomic mass is 10.1. The third-order valence-electron chi connectivity index (χ3n) is 4.71. The number of carbonyl (C=O) groups is 1. The molecule has 1 N–H and O–H groups in total. The van der Waals surface area contributed by atoms with Gasteiger partial charge in [-0.1, -0.05) is 0 Å². The maximum Gasteiger partial charge on any atom is 0.228 e. The number of hydrogen-bond donors (Lipinski definition) is 1. The Hall–Kier alpha value is -2.37. The first-order chi connectivity index (χ1) is 11.5. The van der Waals surface area contributed by atoms with Gasteiger partial charge in [0, 0.05) is 31.4 Å². The normalized spacial score (nSPS) is 14.7. The zero-order valence-corrected chi connectivity index (χ0v) is 14.7. The van der Waals surface area contributed by atoms with Crippen LogP contribution in [0.2, 0.25) is 0 Å². The van der Waals surface area contributed by atoms with Gasteiger partial charge in [-0.15, -0.1) is 0 Å². The van der Waals surface area contributed by atoms with E-state index in [4.69, 9.17) is 0 Å². The molecule has 0 aliphatic carbocycles. The van der Waals surface area contributed by atoms with Crippen LogP contribution in [0, 0.1) is 13.8 Å². The van der Waals surface area contributed by atoms with Crippen LogP contribution in [0.4, 0.5) is 11.5 Å². The Bertz CT molecular complexity index is 714. The molecule has 128 valence electrons. The number of aromatic nitrogens is 3. The van der Waals surface area contributed by atoms with Crippen molar-refractivity contribution in [1.29, 1.82) is 0 Å². The van der Waals surface area contributed by atoms with Crippen LogP contribution in [0.5, 0.6) is 0 Å². The number of aryl methyl sites for hydroxylation is 2. The highest BCUT2D eigenvalue weighted by atomic mass is 16.1. The van der Waals surface area contributed by atoms with Crippen LogP contribution in [0.1, 0.15) is 36.2 Å². The minimum atomic E-state index is -0.0401. The van der Waals surface area contributed by atoms with Gasteiger partial charge in [-0.25, -0.2) is 4.98 Å². The fraction of sp³-hybridized carbons (Fsp3) is 0.500. The number of nitrogens with one attached hydrogen (secondary N) is 1. The quantitative estimate of drug-likeness (QED) is 0.937. The van der Waals surface area contributed by atoms with Crippen LogP contribution in [-0.2, 0) is 18.3 Å². The number of amides is 1. The van der Waals surface area contributed by atoms with E-state index < -0.39 is 0 Å². The fourth-order valence-electron chi connectivity index (χ4n) is 3.21. The minimum Gasteiger partial charge on any atom is -0.357 e. The van der Waals surface area contributed by atoms with Gasteiger partial charge in [-0.05, 0) is 45.2 Å². The van der Waals surface area contributed by atoms with Crippen LogP contribution in [-0.4, -0.2) is 33.8 Å². The molecule has 2 aromatic rings. The average Bonchev–Trinajstić information content (AvgIpc) is 2.82. The summed E-state index contributed by atoms with van der Waals surface area (Å²) in [6.45, 7) is 6.05. The van der Waals surface area contributed by atoms with Gasteiger partial charge in [-0.3, -0.25) is 9.48 Å². The summed E-state index contributed by atoms with van der Waals surface area (Å²) >= 11 is 0. The van der Waals surface area contributed by atoms with Crippen LogP contribution >= 0.6 is 0 Å². The van der Waals surface area contributed by atoms with Crippen LogP contribution < -0.4 is 10.2 Å². The largest absolute Gasteiger partial charge is 0.357 e. The van der Waals surface area contributed by atoms with Crippen molar-refractivity contribution in [1.82, 2.24) is 14.8 Å². The molecule has 0 bridgehead atoms. The monoisotopic (exact) mass is 327 g/mol. The highest BCUT2D eigenvalue weighted by molar-refractivity contribution is 5.92. The van der Waals surface area contributed by atoms with E-state index in [9.17, 15) is 4.79 Å². The Morgan fingerprint density at radius 1 is 1.21 bits per heavy atom. The van der Waals surface area contributed by atoms with E-state index >= 15 is 0 Å². The summed E-state index contributed by atoms with van der Waals surface area (Å²) in [6.07, 6.45) is 5.83. The molecule has 2 aromatic heterocycles. The number of anilines is 2. The van der Waals surface area contributed by atoms with E-state index in [1.165, 1.54) is 19.3 Å². The zero-order valence-electron chi connectivity index (χ0n) is 14.7. The second-order valence-electron chi connectivity index (χ2n) is 6.45. The summed E-state index contributed by atoms with van der Waals surface area (Å²) in [6, 6.07) is 3.92. The summed E-state index contributed by atoms with van der Waals surface area (Å²) in [7, 11) is 1.90. The Kier molecular flexibility index (Phi) is 4.83. The average molecular weight is 327 g/mol. The highest BCUT2D eigenvalue weighted by Crippen LogP contribution is 2.19. The molecule has 24 heavy (non-hydrogen) atoms. The molecule has 3 rings (SSSR count). The lowest BCUT2D eigenvalue weighted by molar-refractivity contribution is -0.115. The molecule has 0 radical (unpaired) electrons. The molecule has 1 fully saturated rings. The molecule has 0 unspecified atom stereocenters. The second kappa shape index (κ2) is 7.03. The zero-order chi connectivity index (χ0) is 17.1. The molecule has 0 aromatic carbocycles. The maximum atomic E-state index is 12.3. The standard InChI is InChI=1S/C18H25N5O/c1-13-16(14(2)22(3)21-13)11-18(24)20-15-7-8-17(19-12-15)23-9-5-4-6-10-23/h7-8,12H,4-6,9-11H2,1-3H3,(H,20,24). The van der Waals surface area contributed by atoms with Gasteiger partial charge in [0.1, 0.15) is 5.82 Å². The van der Waals surface area contributed by atoms with Crippen molar-refractivity contribution >= 4 is 17.4 Å². The topological polar surface area (TPSA) is 63.1 Å². The molecule has 1 amide bonds. The van der Waals surface area contributed by atoms with Crippen molar-refractivity contribution in [2.75, 3.05) is 23.3 Å². The van der Waals surface area contributed by atoms with Gasteiger partial charge in [0.15, 0.2) is 0 Å². The Morgan fingerprint density at radius 3 is 2.54 bits per heavy atom. The molecule has 6 nitrogen and oxygen atoms in total. The summed E-state index contributed by atoms with van der Waals surface area (Å²) in [4.78, 5) is 19.1. The number of hydrogen-bond acceptors (Lipinski definition) is 4. The number of pyridine rings is 1. The lowest BCUT2D eigenvalue weighted by Crippen LogP contribution is -2.30. The number of nitrogens with zero attached hydrogens (tertiary/aromatic N) is 4. The first-order valence-corrected chi connectivity index (χ1v) is 8.54. The summed E-state index contributed by atoms with van der Waals surface area (Å²) in [5, 5.41) is 7.28. The van der Waals surface area contributed by atoms with Crippen LogP contribution in [0.3, 0.4) is 0 Å². The number of piperidine rings is 1.